The van der Waals surface area contributed by atoms with Crippen molar-refractivity contribution in [2.75, 3.05) is 5.32 Å². The summed E-state index contributed by atoms with van der Waals surface area (Å²) in [5, 5.41) is 4.62. The summed E-state index contributed by atoms with van der Waals surface area (Å²) in [5.41, 5.74) is 6.33. The summed E-state index contributed by atoms with van der Waals surface area (Å²) in [5.74, 6) is -1.01. The maximum atomic E-state index is 12.1. The molecule has 0 bridgehead atoms. The number of furan rings is 1. The van der Waals surface area contributed by atoms with Gasteiger partial charge in [-0.25, -0.2) is 4.98 Å². The van der Waals surface area contributed by atoms with Gasteiger partial charge < -0.3 is 4.42 Å². The Kier molecular flexibility index (Phi) is 6.22. The fourth-order valence-corrected chi connectivity index (χ4v) is 4.11. The number of aromatic nitrogens is 1. The van der Waals surface area contributed by atoms with Crippen molar-refractivity contribution >= 4 is 45.5 Å². The number of carbonyl (C=O) groups excluding carboxylic acids is 3. The van der Waals surface area contributed by atoms with Crippen LogP contribution >= 0.6 is 22.7 Å². The number of hydrogen-bond donors (Lipinski definition) is 3. The molecule has 3 amide bonds. The van der Waals surface area contributed by atoms with Crippen LogP contribution in [0.15, 0.2) is 34.3 Å². The van der Waals surface area contributed by atoms with E-state index < -0.39 is 11.8 Å². The van der Waals surface area contributed by atoms with E-state index in [0.29, 0.717) is 15.7 Å². The summed E-state index contributed by atoms with van der Waals surface area (Å²) in [6, 6.07) is 4.96. The van der Waals surface area contributed by atoms with Crippen molar-refractivity contribution in [1.29, 1.82) is 0 Å². The highest BCUT2D eigenvalue weighted by Crippen LogP contribution is 2.22. The van der Waals surface area contributed by atoms with Crippen LogP contribution in [0.25, 0.3) is 0 Å². The molecular formula is C18H18N4O4S2. The number of thiazole rings is 1. The highest BCUT2D eigenvalue weighted by molar-refractivity contribution is 7.14. The van der Waals surface area contributed by atoms with Gasteiger partial charge in [-0.2, -0.15) is 0 Å². The van der Waals surface area contributed by atoms with Crippen LogP contribution in [0, 0.1) is 6.92 Å². The number of anilines is 1. The molecule has 0 aliphatic heterocycles. The molecule has 3 aromatic rings. The number of nitrogens with one attached hydrogen (secondary N) is 3. The van der Waals surface area contributed by atoms with Crippen LogP contribution in [0.1, 0.15) is 43.3 Å². The molecule has 0 unspecified atom stereocenters. The Morgan fingerprint density at radius 3 is 2.71 bits per heavy atom. The number of hydrogen-bond acceptors (Lipinski definition) is 7. The quantitative estimate of drug-likeness (QED) is 0.533. The monoisotopic (exact) mass is 418 g/mol. The van der Waals surface area contributed by atoms with E-state index in [0.717, 1.165) is 16.9 Å². The van der Waals surface area contributed by atoms with E-state index in [-0.39, 0.29) is 18.1 Å². The van der Waals surface area contributed by atoms with E-state index >= 15 is 0 Å². The first-order valence-corrected chi connectivity index (χ1v) is 10.1. The molecule has 0 saturated carbocycles. The number of rotatable bonds is 6. The van der Waals surface area contributed by atoms with E-state index in [4.69, 9.17) is 4.42 Å². The van der Waals surface area contributed by atoms with Crippen molar-refractivity contribution in [2.24, 2.45) is 0 Å². The molecule has 10 heteroatoms. The maximum Gasteiger partial charge on any atom is 0.293 e. The summed E-state index contributed by atoms with van der Waals surface area (Å²) >= 11 is 2.60. The third-order valence-corrected chi connectivity index (χ3v) is 5.93. The molecule has 0 aliphatic carbocycles. The van der Waals surface area contributed by atoms with Crippen molar-refractivity contribution in [1.82, 2.24) is 15.8 Å². The molecule has 146 valence electrons. The number of nitrogens with zero attached hydrogens (tertiary/aromatic N) is 1. The molecule has 3 heterocycles. The minimum absolute atomic E-state index is 0.0307. The second-order valence-corrected chi connectivity index (χ2v) is 7.82. The number of carbonyl (C=O) groups is 3. The van der Waals surface area contributed by atoms with Gasteiger partial charge in [-0.1, -0.05) is 6.92 Å². The summed E-state index contributed by atoms with van der Waals surface area (Å²) in [6.07, 6.45) is 2.23. The van der Waals surface area contributed by atoms with E-state index in [1.807, 2.05) is 13.8 Å². The average Bonchev–Trinajstić information content (AvgIpc) is 3.41. The van der Waals surface area contributed by atoms with Crippen molar-refractivity contribution in [3.8, 4) is 0 Å². The zero-order valence-electron chi connectivity index (χ0n) is 15.2. The van der Waals surface area contributed by atoms with Gasteiger partial charge in [-0.15, -0.1) is 22.7 Å². The molecule has 8 nitrogen and oxygen atoms in total. The number of amides is 3. The first kappa shape index (κ1) is 19.8. The Balaban J connectivity index is 1.49. The fraction of sp³-hybridized carbons (Fsp3) is 0.222. The van der Waals surface area contributed by atoms with Gasteiger partial charge in [0.05, 0.1) is 23.3 Å². The third kappa shape index (κ3) is 4.84. The minimum atomic E-state index is -0.416. The Hall–Kier alpha value is -2.98. The van der Waals surface area contributed by atoms with Crippen LogP contribution in [0.4, 0.5) is 5.13 Å². The predicted molar refractivity (Wildman–Crippen MR) is 107 cm³/mol. The first-order valence-electron chi connectivity index (χ1n) is 8.44. The number of thiophene rings is 1. The normalized spacial score (nSPS) is 10.5. The molecule has 0 saturated heterocycles. The molecule has 3 N–H and O–H groups in total. The lowest BCUT2D eigenvalue weighted by Crippen LogP contribution is -2.42. The van der Waals surface area contributed by atoms with Gasteiger partial charge in [0.2, 0.25) is 5.91 Å². The smallest absolute Gasteiger partial charge is 0.293 e. The zero-order chi connectivity index (χ0) is 20.1. The Labute approximate surface area is 168 Å². The number of aryl methyl sites for hydroxylation is 2. The van der Waals surface area contributed by atoms with Crippen LogP contribution < -0.4 is 16.2 Å². The zero-order valence-corrected chi connectivity index (χ0v) is 16.8. The molecule has 3 rings (SSSR count). The topological polar surface area (TPSA) is 113 Å². The molecular weight excluding hydrogens is 400 g/mol. The van der Waals surface area contributed by atoms with Crippen molar-refractivity contribution < 1.29 is 18.8 Å². The Morgan fingerprint density at radius 1 is 1.21 bits per heavy atom. The maximum absolute atomic E-state index is 12.1. The molecule has 28 heavy (non-hydrogen) atoms. The van der Waals surface area contributed by atoms with Crippen LogP contribution in [-0.2, 0) is 17.6 Å². The van der Waals surface area contributed by atoms with Crippen molar-refractivity contribution in [3.63, 3.8) is 0 Å². The highest BCUT2D eigenvalue weighted by atomic mass is 32.1. The lowest BCUT2D eigenvalue weighted by molar-refractivity contribution is -0.121. The Bertz CT molecular complexity index is 991. The molecule has 0 aromatic carbocycles. The Morgan fingerprint density at radius 2 is 2.04 bits per heavy atom. The van der Waals surface area contributed by atoms with Crippen LogP contribution in [0.2, 0.25) is 0 Å². The molecule has 0 fully saturated rings. The number of hydrazine groups is 1. The van der Waals surface area contributed by atoms with Crippen molar-refractivity contribution in [2.45, 2.75) is 26.7 Å². The second-order valence-electron chi connectivity index (χ2n) is 5.82. The van der Waals surface area contributed by atoms with E-state index in [9.17, 15) is 14.4 Å². The van der Waals surface area contributed by atoms with Gasteiger partial charge in [-0.3, -0.25) is 30.6 Å². The van der Waals surface area contributed by atoms with Gasteiger partial charge >= 0.3 is 0 Å². The summed E-state index contributed by atoms with van der Waals surface area (Å²) in [7, 11) is 0. The van der Waals surface area contributed by atoms with E-state index in [2.05, 4.69) is 21.2 Å². The summed E-state index contributed by atoms with van der Waals surface area (Å²) in [6.45, 7) is 3.98. The van der Waals surface area contributed by atoms with Gasteiger partial charge in [0, 0.05) is 10.3 Å². The average molecular weight is 419 g/mol. The van der Waals surface area contributed by atoms with Gasteiger partial charge in [-0.05, 0) is 37.1 Å². The summed E-state index contributed by atoms with van der Waals surface area (Å²) in [4.78, 5) is 41.9. The van der Waals surface area contributed by atoms with Crippen LogP contribution in [0.3, 0.4) is 0 Å². The highest BCUT2D eigenvalue weighted by Gasteiger charge is 2.15. The molecule has 3 aromatic heterocycles. The molecule has 0 radical (unpaired) electrons. The van der Waals surface area contributed by atoms with Gasteiger partial charge in [0.1, 0.15) is 0 Å². The largest absolute Gasteiger partial charge is 0.459 e. The SMILES string of the molecule is CCc1sc(C(=O)NNC(=O)Cc2csc(NC(=O)c3ccco3)n2)cc1C. The standard InChI is InChI=1S/C18H18N4O4S2/c1-3-13-10(2)7-14(28-13)17(25)22-21-15(23)8-11-9-27-18(19-11)20-16(24)12-5-4-6-26-12/h4-7,9H,3,8H2,1-2H3,(H,21,23)(H,22,25)(H,19,20,24). The van der Waals surface area contributed by atoms with E-state index in [1.54, 1.807) is 23.6 Å². The van der Waals surface area contributed by atoms with E-state index in [1.165, 1.54) is 28.9 Å². The lowest BCUT2D eigenvalue weighted by Gasteiger charge is -2.05. The molecule has 0 spiro atoms. The second kappa shape index (κ2) is 8.81. The van der Waals surface area contributed by atoms with Gasteiger partial charge in [0.25, 0.3) is 11.8 Å². The third-order valence-electron chi connectivity index (χ3n) is 3.74. The molecule has 0 aliphatic rings. The fourth-order valence-electron chi connectivity index (χ4n) is 2.39. The van der Waals surface area contributed by atoms with Gasteiger partial charge in [0.15, 0.2) is 10.9 Å². The first-order chi connectivity index (χ1) is 13.5. The lowest BCUT2D eigenvalue weighted by atomic mass is 10.2. The van der Waals surface area contributed by atoms with Crippen molar-refractivity contribution in [3.05, 3.63) is 56.6 Å². The minimum Gasteiger partial charge on any atom is -0.459 e. The molecule has 0 atom stereocenters. The van der Waals surface area contributed by atoms with Crippen LogP contribution in [-0.4, -0.2) is 22.7 Å². The summed E-state index contributed by atoms with van der Waals surface area (Å²) < 4.78 is 5.01. The predicted octanol–water partition coefficient (Wildman–Crippen LogP) is 2.92. The van der Waals surface area contributed by atoms with Crippen LogP contribution in [0.5, 0.6) is 0 Å².